The minimum absolute atomic E-state index is 0.278. The van der Waals surface area contributed by atoms with E-state index in [-0.39, 0.29) is 12.6 Å². The first kappa shape index (κ1) is 12.8. The smallest absolute Gasteiger partial charge is 0.338 e. The molecule has 5 heteroatoms. The summed E-state index contributed by atoms with van der Waals surface area (Å²) in [5, 5.41) is 12.6. The largest absolute Gasteiger partial charge is 0.460 e. The number of hydrogen-bond acceptors (Lipinski definition) is 4. The summed E-state index contributed by atoms with van der Waals surface area (Å²) >= 11 is 0. The lowest BCUT2D eigenvalue weighted by Gasteiger charge is -2.05. The van der Waals surface area contributed by atoms with Gasteiger partial charge in [0.05, 0.1) is 24.6 Å². The molecule has 0 radical (unpaired) electrons. The van der Waals surface area contributed by atoms with E-state index in [1.807, 2.05) is 12.3 Å². The van der Waals surface area contributed by atoms with E-state index in [1.54, 1.807) is 35.1 Å². The highest BCUT2D eigenvalue weighted by Crippen LogP contribution is 2.06. The Morgan fingerprint density at radius 3 is 2.79 bits per heavy atom. The van der Waals surface area contributed by atoms with E-state index in [0.29, 0.717) is 18.5 Å². The minimum Gasteiger partial charge on any atom is -0.460 e. The zero-order chi connectivity index (χ0) is 13.5. The maximum atomic E-state index is 11.7. The fourth-order valence-electron chi connectivity index (χ4n) is 1.60. The first-order valence-corrected chi connectivity index (χ1v) is 5.90. The number of ether oxygens (including phenoxy) is 1. The molecule has 2 aromatic rings. The Morgan fingerprint density at radius 1 is 1.37 bits per heavy atom. The zero-order valence-electron chi connectivity index (χ0n) is 10.3. The third-order valence-corrected chi connectivity index (χ3v) is 2.59. The van der Waals surface area contributed by atoms with Crippen molar-refractivity contribution in [2.24, 2.45) is 0 Å². The van der Waals surface area contributed by atoms with Crippen molar-refractivity contribution >= 4 is 5.97 Å². The molecule has 1 aromatic heterocycles. The number of aromatic nitrogens is 2. The van der Waals surface area contributed by atoms with Crippen molar-refractivity contribution in [2.75, 3.05) is 6.61 Å². The molecule has 0 spiro atoms. The van der Waals surface area contributed by atoms with Gasteiger partial charge in [-0.2, -0.15) is 10.4 Å². The molecular weight excluding hydrogens is 242 g/mol. The molecule has 5 nitrogen and oxygen atoms in total. The van der Waals surface area contributed by atoms with Crippen LogP contribution in [0.1, 0.15) is 15.9 Å². The second-order valence-electron chi connectivity index (χ2n) is 3.94. The first-order chi connectivity index (χ1) is 9.29. The molecule has 0 bridgehead atoms. The van der Waals surface area contributed by atoms with Crippen LogP contribution in [0.3, 0.4) is 0 Å². The second-order valence-corrected chi connectivity index (χ2v) is 3.94. The van der Waals surface area contributed by atoms with Crippen LogP contribution in [0.15, 0.2) is 42.7 Å². The van der Waals surface area contributed by atoms with Crippen molar-refractivity contribution in [3.8, 4) is 6.07 Å². The molecule has 1 aromatic carbocycles. The Morgan fingerprint density at radius 2 is 2.16 bits per heavy atom. The molecular formula is C14H13N3O2. The van der Waals surface area contributed by atoms with Crippen LogP contribution in [0, 0.1) is 11.3 Å². The van der Waals surface area contributed by atoms with Gasteiger partial charge in [-0.05, 0) is 23.8 Å². The molecule has 0 aliphatic carbocycles. The molecule has 0 saturated carbocycles. The number of carbonyl (C=O) groups excluding carboxylic acids is 1. The van der Waals surface area contributed by atoms with Crippen LogP contribution >= 0.6 is 0 Å². The summed E-state index contributed by atoms with van der Waals surface area (Å²) in [6, 6.07) is 10.7. The summed E-state index contributed by atoms with van der Waals surface area (Å²) in [5.41, 5.74) is 1.37. The normalized spacial score (nSPS) is 9.84. The maximum Gasteiger partial charge on any atom is 0.338 e. The average Bonchev–Trinajstić information content (AvgIpc) is 2.93. The lowest BCUT2D eigenvalue weighted by atomic mass is 10.1. The third-order valence-electron chi connectivity index (χ3n) is 2.59. The monoisotopic (exact) mass is 255 g/mol. The highest BCUT2D eigenvalue weighted by atomic mass is 16.5. The predicted octanol–water partition coefficient (Wildman–Crippen LogP) is 1.81. The first-order valence-electron chi connectivity index (χ1n) is 5.90. The number of rotatable bonds is 5. The van der Waals surface area contributed by atoms with Crippen LogP contribution in [0.25, 0.3) is 0 Å². The molecule has 0 aliphatic heterocycles. The van der Waals surface area contributed by atoms with Crippen LogP contribution in [0.5, 0.6) is 0 Å². The van der Waals surface area contributed by atoms with Gasteiger partial charge in [0.15, 0.2) is 0 Å². The summed E-state index contributed by atoms with van der Waals surface area (Å²) in [7, 11) is 0. The number of nitriles is 1. The second kappa shape index (κ2) is 6.36. The molecule has 0 amide bonds. The highest BCUT2D eigenvalue weighted by molar-refractivity contribution is 5.89. The molecule has 19 heavy (non-hydrogen) atoms. The molecule has 0 saturated heterocycles. The minimum atomic E-state index is -0.365. The zero-order valence-corrected chi connectivity index (χ0v) is 10.3. The van der Waals surface area contributed by atoms with Crippen molar-refractivity contribution in [1.29, 1.82) is 5.26 Å². The van der Waals surface area contributed by atoms with Crippen LogP contribution in [-0.4, -0.2) is 22.4 Å². The van der Waals surface area contributed by atoms with Gasteiger partial charge in [0.1, 0.15) is 6.61 Å². The van der Waals surface area contributed by atoms with Gasteiger partial charge in [-0.3, -0.25) is 4.68 Å². The summed E-state index contributed by atoms with van der Waals surface area (Å²) in [6.45, 7) is 0.811. The van der Waals surface area contributed by atoms with Crippen molar-refractivity contribution in [2.45, 2.75) is 13.0 Å². The molecule has 0 fully saturated rings. The molecule has 96 valence electrons. The van der Waals surface area contributed by atoms with Crippen molar-refractivity contribution in [3.05, 3.63) is 53.9 Å². The standard InChI is InChI=1S/C14H13N3O2/c15-7-6-12-2-4-13(5-3-12)14(18)19-11-10-17-9-1-8-16-17/h1-5,8-9H,6,10-11H2. The Hall–Kier alpha value is -2.61. The topological polar surface area (TPSA) is 67.9 Å². The van der Waals surface area contributed by atoms with Crippen LogP contribution in [-0.2, 0) is 17.7 Å². The number of hydrogen-bond donors (Lipinski definition) is 0. The van der Waals surface area contributed by atoms with Crippen LogP contribution in [0.2, 0.25) is 0 Å². The lowest BCUT2D eigenvalue weighted by Crippen LogP contribution is -2.11. The molecule has 0 atom stereocenters. The Balaban J connectivity index is 1.84. The van der Waals surface area contributed by atoms with Crippen molar-refractivity contribution < 1.29 is 9.53 Å². The number of carbonyl (C=O) groups is 1. The van der Waals surface area contributed by atoms with Gasteiger partial charge < -0.3 is 4.74 Å². The molecule has 0 unspecified atom stereocenters. The van der Waals surface area contributed by atoms with E-state index in [0.717, 1.165) is 5.56 Å². The van der Waals surface area contributed by atoms with Gasteiger partial charge in [-0.1, -0.05) is 12.1 Å². The van der Waals surface area contributed by atoms with Gasteiger partial charge in [0, 0.05) is 12.4 Å². The van der Waals surface area contributed by atoms with E-state index >= 15 is 0 Å². The highest BCUT2D eigenvalue weighted by Gasteiger charge is 2.06. The molecule has 0 N–H and O–H groups in total. The number of esters is 1. The lowest BCUT2D eigenvalue weighted by molar-refractivity contribution is 0.0487. The van der Waals surface area contributed by atoms with Gasteiger partial charge in [-0.15, -0.1) is 0 Å². The molecule has 2 rings (SSSR count). The number of nitrogens with zero attached hydrogens (tertiary/aromatic N) is 3. The van der Waals surface area contributed by atoms with Gasteiger partial charge >= 0.3 is 5.97 Å². The molecule has 0 aliphatic rings. The van der Waals surface area contributed by atoms with Gasteiger partial charge in [0.25, 0.3) is 0 Å². The predicted molar refractivity (Wildman–Crippen MR) is 68.3 cm³/mol. The summed E-state index contributed by atoms with van der Waals surface area (Å²) < 4.78 is 6.83. The van der Waals surface area contributed by atoms with Crippen LogP contribution in [0.4, 0.5) is 0 Å². The van der Waals surface area contributed by atoms with E-state index in [1.165, 1.54) is 0 Å². The Labute approximate surface area is 111 Å². The maximum absolute atomic E-state index is 11.7. The molecule has 1 heterocycles. The average molecular weight is 255 g/mol. The quantitative estimate of drug-likeness (QED) is 0.764. The summed E-state index contributed by atoms with van der Waals surface area (Å²) in [4.78, 5) is 11.7. The summed E-state index contributed by atoms with van der Waals surface area (Å²) in [6.07, 6.45) is 3.83. The summed E-state index contributed by atoms with van der Waals surface area (Å²) in [5.74, 6) is -0.365. The van der Waals surface area contributed by atoms with E-state index in [2.05, 4.69) is 11.2 Å². The fraction of sp³-hybridized carbons (Fsp3) is 0.214. The Bertz CT molecular complexity index is 568. The third kappa shape index (κ3) is 3.68. The Kier molecular flexibility index (Phi) is 4.29. The van der Waals surface area contributed by atoms with E-state index < -0.39 is 0 Å². The van der Waals surface area contributed by atoms with E-state index in [4.69, 9.17) is 10.00 Å². The fourth-order valence-corrected chi connectivity index (χ4v) is 1.60. The van der Waals surface area contributed by atoms with Crippen molar-refractivity contribution in [3.63, 3.8) is 0 Å². The van der Waals surface area contributed by atoms with Crippen LogP contribution < -0.4 is 0 Å². The number of benzene rings is 1. The van der Waals surface area contributed by atoms with Gasteiger partial charge in [-0.25, -0.2) is 4.79 Å². The van der Waals surface area contributed by atoms with Gasteiger partial charge in [0.2, 0.25) is 0 Å². The van der Waals surface area contributed by atoms with Crippen molar-refractivity contribution in [1.82, 2.24) is 9.78 Å². The SMILES string of the molecule is N#CCc1ccc(C(=O)OCCn2cccn2)cc1. The van der Waals surface area contributed by atoms with E-state index in [9.17, 15) is 4.79 Å².